The lowest BCUT2D eigenvalue weighted by molar-refractivity contribution is -0.124. The summed E-state index contributed by atoms with van der Waals surface area (Å²) in [6.07, 6.45) is 0. The highest BCUT2D eigenvalue weighted by Crippen LogP contribution is 2.17. The maximum atomic E-state index is 12.2. The predicted octanol–water partition coefficient (Wildman–Crippen LogP) is 1.15. The van der Waals surface area contributed by atoms with Crippen LogP contribution in [0.25, 0.3) is 0 Å². The number of amides is 1. The number of aromatic nitrogens is 2. The molecular formula is C20H25N3O6. The van der Waals surface area contributed by atoms with Crippen molar-refractivity contribution in [3.8, 4) is 11.5 Å². The van der Waals surface area contributed by atoms with E-state index in [9.17, 15) is 14.4 Å². The SMILES string of the molecule is CCOc1ccc(OCCNC(=O)COC(=O)c2c(C)c(C)nn(C)c2=O)cc1. The molecule has 9 heteroatoms. The van der Waals surface area contributed by atoms with Crippen molar-refractivity contribution >= 4 is 11.9 Å². The van der Waals surface area contributed by atoms with Gasteiger partial charge in [0.25, 0.3) is 11.5 Å². The second-order valence-electron chi connectivity index (χ2n) is 6.19. The van der Waals surface area contributed by atoms with Gasteiger partial charge in [-0.2, -0.15) is 5.10 Å². The summed E-state index contributed by atoms with van der Waals surface area (Å²) in [6, 6.07) is 7.14. The molecule has 29 heavy (non-hydrogen) atoms. The summed E-state index contributed by atoms with van der Waals surface area (Å²) in [5, 5.41) is 6.58. The van der Waals surface area contributed by atoms with Crippen molar-refractivity contribution in [2.45, 2.75) is 20.8 Å². The van der Waals surface area contributed by atoms with E-state index in [0.717, 1.165) is 10.4 Å². The fraction of sp³-hybridized carbons (Fsp3) is 0.400. The van der Waals surface area contributed by atoms with Crippen molar-refractivity contribution in [1.29, 1.82) is 0 Å². The van der Waals surface area contributed by atoms with Crippen molar-refractivity contribution in [3.05, 3.63) is 51.4 Å². The molecule has 0 saturated carbocycles. The number of nitrogens with one attached hydrogen (secondary N) is 1. The Labute approximate surface area is 168 Å². The first kappa shape index (κ1) is 21.9. The zero-order chi connectivity index (χ0) is 21.4. The Morgan fingerprint density at radius 1 is 1.10 bits per heavy atom. The minimum atomic E-state index is -0.852. The zero-order valence-electron chi connectivity index (χ0n) is 17.0. The molecule has 156 valence electrons. The van der Waals surface area contributed by atoms with Crippen molar-refractivity contribution in [2.75, 3.05) is 26.4 Å². The van der Waals surface area contributed by atoms with Crippen LogP contribution in [0.15, 0.2) is 29.1 Å². The van der Waals surface area contributed by atoms with Crippen LogP contribution in [-0.2, 0) is 16.6 Å². The number of rotatable bonds is 9. The molecule has 0 saturated heterocycles. The Morgan fingerprint density at radius 2 is 1.72 bits per heavy atom. The molecule has 0 fully saturated rings. The van der Waals surface area contributed by atoms with Crippen molar-refractivity contribution in [1.82, 2.24) is 15.1 Å². The van der Waals surface area contributed by atoms with Crippen LogP contribution in [0.1, 0.15) is 28.5 Å². The van der Waals surface area contributed by atoms with Crippen LogP contribution in [0.4, 0.5) is 0 Å². The van der Waals surface area contributed by atoms with E-state index >= 15 is 0 Å². The molecule has 2 aromatic rings. The predicted molar refractivity (Wildman–Crippen MR) is 105 cm³/mol. The number of hydrogen-bond acceptors (Lipinski definition) is 7. The molecule has 0 aliphatic heterocycles. The normalized spacial score (nSPS) is 10.3. The van der Waals surface area contributed by atoms with Gasteiger partial charge in [0.05, 0.1) is 18.8 Å². The van der Waals surface area contributed by atoms with Crippen LogP contribution in [0, 0.1) is 13.8 Å². The molecule has 0 bridgehead atoms. The standard InChI is InChI=1S/C20H25N3O6/c1-5-27-15-6-8-16(9-7-15)28-11-10-21-17(24)12-29-20(26)18-13(2)14(3)22-23(4)19(18)25/h6-9H,5,10-12H2,1-4H3,(H,21,24). The monoisotopic (exact) mass is 403 g/mol. The number of ether oxygens (including phenoxy) is 3. The van der Waals surface area contributed by atoms with Gasteiger partial charge in [-0.25, -0.2) is 9.48 Å². The second-order valence-corrected chi connectivity index (χ2v) is 6.19. The van der Waals surface area contributed by atoms with Crippen LogP contribution in [0.5, 0.6) is 11.5 Å². The number of hydrogen-bond donors (Lipinski definition) is 1. The lowest BCUT2D eigenvalue weighted by Crippen LogP contribution is -2.34. The Kier molecular flexibility index (Phi) is 7.76. The van der Waals surface area contributed by atoms with Crippen molar-refractivity contribution in [2.24, 2.45) is 7.05 Å². The smallest absolute Gasteiger partial charge is 0.344 e. The van der Waals surface area contributed by atoms with Crippen molar-refractivity contribution < 1.29 is 23.8 Å². The molecule has 1 aromatic carbocycles. The first-order valence-electron chi connectivity index (χ1n) is 9.17. The van der Waals surface area contributed by atoms with E-state index in [1.165, 1.54) is 7.05 Å². The molecule has 0 aliphatic rings. The zero-order valence-corrected chi connectivity index (χ0v) is 17.0. The molecule has 0 atom stereocenters. The van der Waals surface area contributed by atoms with Gasteiger partial charge in [-0.1, -0.05) is 0 Å². The number of carbonyl (C=O) groups is 2. The van der Waals surface area contributed by atoms with Gasteiger partial charge in [0.1, 0.15) is 23.7 Å². The summed E-state index contributed by atoms with van der Waals surface area (Å²) in [5.41, 5.74) is 0.283. The van der Waals surface area contributed by atoms with E-state index in [1.807, 2.05) is 6.92 Å². The summed E-state index contributed by atoms with van der Waals surface area (Å²) < 4.78 is 16.9. The average molecular weight is 403 g/mol. The lowest BCUT2D eigenvalue weighted by atomic mass is 10.1. The Morgan fingerprint density at radius 3 is 2.34 bits per heavy atom. The van der Waals surface area contributed by atoms with Gasteiger partial charge >= 0.3 is 5.97 Å². The van der Waals surface area contributed by atoms with Crippen LogP contribution in [0.2, 0.25) is 0 Å². The molecule has 0 unspecified atom stereocenters. The Hall–Kier alpha value is -3.36. The number of benzene rings is 1. The molecular weight excluding hydrogens is 378 g/mol. The molecule has 0 radical (unpaired) electrons. The first-order valence-corrected chi connectivity index (χ1v) is 9.17. The fourth-order valence-corrected chi connectivity index (χ4v) is 2.50. The first-order chi connectivity index (χ1) is 13.8. The van der Waals surface area contributed by atoms with Crippen LogP contribution in [-0.4, -0.2) is 48.0 Å². The molecule has 9 nitrogen and oxygen atoms in total. The van der Waals surface area contributed by atoms with E-state index in [-0.39, 0.29) is 18.7 Å². The molecule has 0 spiro atoms. The van der Waals surface area contributed by atoms with Crippen LogP contribution in [0.3, 0.4) is 0 Å². The topological polar surface area (TPSA) is 109 Å². The molecule has 2 rings (SSSR count). The van der Waals surface area contributed by atoms with E-state index in [2.05, 4.69) is 10.4 Å². The molecule has 1 amide bonds. The Bertz CT molecular complexity index is 921. The third kappa shape index (κ3) is 6.06. The average Bonchev–Trinajstić information content (AvgIpc) is 2.70. The minimum absolute atomic E-state index is 0.119. The van der Waals surface area contributed by atoms with Gasteiger partial charge in [-0.15, -0.1) is 0 Å². The second kappa shape index (κ2) is 10.3. The highest BCUT2D eigenvalue weighted by atomic mass is 16.5. The summed E-state index contributed by atoms with van der Waals surface area (Å²) in [6.45, 7) is 5.78. The number of aryl methyl sites for hydroxylation is 2. The lowest BCUT2D eigenvalue weighted by Gasteiger charge is -2.10. The van der Waals surface area contributed by atoms with E-state index in [0.29, 0.717) is 23.6 Å². The molecule has 1 heterocycles. The van der Waals surface area contributed by atoms with Crippen molar-refractivity contribution in [3.63, 3.8) is 0 Å². The van der Waals surface area contributed by atoms with Gasteiger partial charge in [-0.05, 0) is 50.6 Å². The highest BCUT2D eigenvalue weighted by Gasteiger charge is 2.20. The summed E-state index contributed by atoms with van der Waals surface area (Å²) in [4.78, 5) is 36.2. The van der Waals surface area contributed by atoms with E-state index in [4.69, 9.17) is 14.2 Å². The quantitative estimate of drug-likeness (QED) is 0.494. The fourth-order valence-electron chi connectivity index (χ4n) is 2.50. The minimum Gasteiger partial charge on any atom is -0.494 e. The number of nitrogens with zero attached hydrogens (tertiary/aromatic N) is 2. The molecule has 1 N–H and O–H groups in total. The largest absolute Gasteiger partial charge is 0.494 e. The number of carbonyl (C=O) groups excluding carboxylic acids is 2. The van der Waals surface area contributed by atoms with Crippen LogP contribution < -0.4 is 20.3 Å². The molecule has 1 aromatic heterocycles. The van der Waals surface area contributed by atoms with E-state index < -0.39 is 24.0 Å². The highest BCUT2D eigenvalue weighted by molar-refractivity contribution is 5.92. The third-order valence-corrected chi connectivity index (χ3v) is 4.09. The van der Waals surface area contributed by atoms with Gasteiger partial charge < -0.3 is 19.5 Å². The van der Waals surface area contributed by atoms with Gasteiger partial charge in [-0.3, -0.25) is 9.59 Å². The summed E-state index contributed by atoms with van der Waals surface area (Å²) in [7, 11) is 1.45. The Balaban J connectivity index is 1.76. The maximum absolute atomic E-state index is 12.2. The van der Waals surface area contributed by atoms with Gasteiger partial charge in [0.2, 0.25) is 0 Å². The van der Waals surface area contributed by atoms with Gasteiger partial charge in [0.15, 0.2) is 6.61 Å². The summed E-state index contributed by atoms with van der Waals surface area (Å²) >= 11 is 0. The summed E-state index contributed by atoms with van der Waals surface area (Å²) in [5.74, 6) is 0.0567. The van der Waals surface area contributed by atoms with Gasteiger partial charge in [0, 0.05) is 7.05 Å². The van der Waals surface area contributed by atoms with Crippen LogP contribution >= 0.6 is 0 Å². The third-order valence-electron chi connectivity index (χ3n) is 4.09. The van der Waals surface area contributed by atoms with E-state index in [1.54, 1.807) is 38.1 Å². The maximum Gasteiger partial charge on any atom is 0.344 e. The number of esters is 1. The molecule has 0 aliphatic carbocycles.